The number of carbonyl (C=O) groups excluding carboxylic acids is 4. The molecule has 0 fully saturated rings. The van der Waals surface area contributed by atoms with Crippen molar-refractivity contribution in [1.29, 1.82) is 0 Å². The van der Waals surface area contributed by atoms with Crippen LogP contribution in [-0.4, -0.2) is 96.7 Å². The Labute approximate surface area is 524 Å². The van der Waals surface area contributed by atoms with Crippen molar-refractivity contribution < 1.29 is 80.2 Å². The van der Waals surface area contributed by atoms with Crippen molar-refractivity contribution in [3.63, 3.8) is 0 Å². The van der Waals surface area contributed by atoms with E-state index in [0.29, 0.717) is 31.6 Å². The molecule has 0 amide bonds. The molecule has 17 nitrogen and oxygen atoms in total. The minimum Gasteiger partial charge on any atom is -0.462 e. The van der Waals surface area contributed by atoms with Gasteiger partial charge >= 0.3 is 39.5 Å². The molecule has 0 rings (SSSR count). The number of esters is 4. The highest BCUT2D eigenvalue weighted by atomic mass is 31.2. The Hall–Kier alpha value is -1.94. The molecule has 0 radical (unpaired) electrons. The predicted octanol–water partition coefficient (Wildman–Crippen LogP) is 18.5. The van der Waals surface area contributed by atoms with Gasteiger partial charge in [0.05, 0.1) is 26.4 Å². The number of rotatable bonds is 64. The van der Waals surface area contributed by atoms with E-state index in [2.05, 4.69) is 55.4 Å². The van der Waals surface area contributed by atoms with Crippen molar-refractivity contribution in [3.8, 4) is 0 Å². The van der Waals surface area contributed by atoms with Gasteiger partial charge in [-0.05, 0) is 49.4 Å². The second-order valence-electron chi connectivity index (χ2n) is 25.9. The molecule has 0 heterocycles. The van der Waals surface area contributed by atoms with Gasteiger partial charge in [0, 0.05) is 25.7 Å². The minimum atomic E-state index is -4.95. The molecule has 0 saturated carbocycles. The Bertz CT molecular complexity index is 1720. The molecule has 19 heteroatoms. The maximum Gasteiger partial charge on any atom is 0.472 e. The number of carbonyl (C=O) groups is 4. The smallest absolute Gasteiger partial charge is 0.462 e. The number of aliphatic hydroxyl groups is 1. The van der Waals surface area contributed by atoms with Crippen LogP contribution in [0.2, 0.25) is 0 Å². The van der Waals surface area contributed by atoms with Crippen LogP contribution in [0.1, 0.15) is 325 Å². The highest BCUT2D eigenvalue weighted by Gasteiger charge is 2.30. The van der Waals surface area contributed by atoms with Crippen LogP contribution in [0.3, 0.4) is 0 Å². The summed E-state index contributed by atoms with van der Waals surface area (Å²) < 4.78 is 68.1. The van der Waals surface area contributed by atoms with E-state index < -0.39 is 97.5 Å². The third-order valence-corrected chi connectivity index (χ3v) is 17.6. The van der Waals surface area contributed by atoms with Crippen molar-refractivity contribution in [3.05, 3.63) is 0 Å². The molecule has 0 bridgehead atoms. The highest BCUT2D eigenvalue weighted by molar-refractivity contribution is 7.47. The van der Waals surface area contributed by atoms with Gasteiger partial charge in [-0.25, -0.2) is 9.13 Å². The molecule has 3 N–H and O–H groups in total. The van der Waals surface area contributed by atoms with Gasteiger partial charge in [0.25, 0.3) is 0 Å². The lowest BCUT2D eigenvalue weighted by atomic mass is 10.00. The van der Waals surface area contributed by atoms with Gasteiger partial charge in [-0.1, -0.05) is 274 Å². The second-order valence-corrected chi connectivity index (χ2v) is 28.8. The normalized spacial score (nSPS) is 14.7. The molecule has 0 aromatic carbocycles. The van der Waals surface area contributed by atoms with E-state index in [9.17, 15) is 43.2 Å². The number of ether oxygens (including phenoxy) is 4. The predicted molar refractivity (Wildman–Crippen MR) is 344 cm³/mol. The Kier molecular flexibility index (Phi) is 55.7. The van der Waals surface area contributed by atoms with E-state index in [4.69, 9.17) is 37.0 Å². The topological polar surface area (TPSA) is 237 Å². The number of hydrogen-bond acceptors (Lipinski definition) is 15. The van der Waals surface area contributed by atoms with Crippen LogP contribution in [-0.2, 0) is 65.4 Å². The molecule has 0 aliphatic heterocycles. The summed E-state index contributed by atoms with van der Waals surface area (Å²) >= 11 is 0. The molecule has 0 aliphatic carbocycles. The summed E-state index contributed by atoms with van der Waals surface area (Å²) in [6.45, 7) is 14.0. The third-order valence-electron chi connectivity index (χ3n) is 15.7. The van der Waals surface area contributed by atoms with Gasteiger partial charge in [0.15, 0.2) is 12.2 Å². The molecule has 0 aromatic rings. The monoisotopic (exact) mass is 1270 g/mol. The molecule has 510 valence electrons. The Balaban J connectivity index is 5.25. The largest absolute Gasteiger partial charge is 0.472 e. The fourth-order valence-electron chi connectivity index (χ4n) is 9.93. The molecule has 0 saturated heterocycles. The number of aliphatic hydroxyl groups excluding tert-OH is 1. The van der Waals surface area contributed by atoms with Gasteiger partial charge < -0.3 is 33.8 Å². The van der Waals surface area contributed by atoms with E-state index in [1.165, 1.54) is 122 Å². The van der Waals surface area contributed by atoms with Crippen LogP contribution in [0.15, 0.2) is 0 Å². The number of hydrogen-bond donors (Lipinski definition) is 3. The molecule has 6 atom stereocenters. The fraction of sp³-hybridized carbons (Fsp3) is 0.940. The molecular weight excluding hydrogens is 1140 g/mol. The van der Waals surface area contributed by atoms with Crippen LogP contribution >= 0.6 is 15.6 Å². The van der Waals surface area contributed by atoms with Gasteiger partial charge in [-0.2, -0.15) is 0 Å². The summed E-state index contributed by atoms with van der Waals surface area (Å²) in [7, 11) is -9.90. The zero-order valence-corrected chi connectivity index (χ0v) is 57.7. The summed E-state index contributed by atoms with van der Waals surface area (Å²) in [5.74, 6) is 0.786. The first-order valence-corrected chi connectivity index (χ1v) is 37.7. The zero-order chi connectivity index (χ0) is 63.9. The minimum absolute atomic E-state index is 0.101. The van der Waals surface area contributed by atoms with Crippen molar-refractivity contribution >= 4 is 39.5 Å². The lowest BCUT2D eigenvalue weighted by molar-refractivity contribution is -0.161. The summed E-state index contributed by atoms with van der Waals surface area (Å²) in [6.07, 6.45) is 37.7. The molecule has 3 unspecified atom stereocenters. The lowest BCUT2D eigenvalue weighted by Crippen LogP contribution is -2.30. The van der Waals surface area contributed by atoms with Crippen LogP contribution < -0.4 is 0 Å². The van der Waals surface area contributed by atoms with Crippen LogP contribution in [0, 0.1) is 23.7 Å². The Morgan fingerprint density at radius 2 is 0.558 bits per heavy atom. The first-order valence-electron chi connectivity index (χ1n) is 34.7. The highest BCUT2D eigenvalue weighted by Crippen LogP contribution is 2.45. The number of phosphoric ester groups is 2. The van der Waals surface area contributed by atoms with Gasteiger partial charge in [0.2, 0.25) is 0 Å². The maximum absolute atomic E-state index is 13.0. The van der Waals surface area contributed by atoms with Crippen molar-refractivity contribution in [2.24, 2.45) is 23.7 Å². The van der Waals surface area contributed by atoms with E-state index in [-0.39, 0.29) is 25.7 Å². The van der Waals surface area contributed by atoms with E-state index >= 15 is 0 Å². The average molecular weight is 1270 g/mol. The second kappa shape index (κ2) is 57.0. The first kappa shape index (κ1) is 84.1. The molecule has 0 spiro atoms. The molecule has 0 aromatic heterocycles. The maximum atomic E-state index is 13.0. The van der Waals surface area contributed by atoms with Gasteiger partial charge in [-0.3, -0.25) is 37.3 Å². The Morgan fingerprint density at radius 1 is 0.326 bits per heavy atom. The Morgan fingerprint density at radius 3 is 0.826 bits per heavy atom. The van der Waals surface area contributed by atoms with Crippen LogP contribution in [0.25, 0.3) is 0 Å². The zero-order valence-electron chi connectivity index (χ0n) is 55.9. The van der Waals surface area contributed by atoms with Crippen LogP contribution in [0.4, 0.5) is 0 Å². The van der Waals surface area contributed by atoms with E-state index in [1.54, 1.807) is 0 Å². The van der Waals surface area contributed by atoms with Crippen molar-refractivity contribution in [2.75, 3.05) is 39.6 Å². The lowest BCUT2D eigenvalue weighted by Gasteiger charge is -2.21. The molecular formula is C67H130O17P2. The fourth-order valence-corrected chi connectivity index (χ4v) is 11.5. The summed E-state index contributed by atoms with van der Waals surface area (Å²) in [4.78, 5) is 72.3. The standard InChI is InChI=1S/C67H130O17P2/c1-9-60(8)46-38-30-24-26-34-42-50-67(72)84-63(54-78-65(70)48-40-32-25-23-29-37-45-59(6)7)56-82-86(75,76)80-52-61(68)51-79-85(73,74)81-55-62(53-77-64(69)47-39-31-21-17-14-13-16-20-28-36-44-58(4)5)83-66(71)49-41-33-22-18-12-10-11-15-19-27-35-43-57(2)3/h57-63,68H,9-56H2,1-8H3,(H,73,74)(H,75,76)/t60?,61-,62-,63-/m1/s1. The summed E-state index contributed by atoms with van der Waals surface area (Å²) in [6, 6.07) is 0. The van der Waals surface area contributed by atoms with Crippen LogP contribution in [0.5, 0.6) is 0 Å². The SMILES string of the molecule is CCC(C)CCCCCCCCC(=O)O[C@H](COC(=O)CCCCCCCCC(C)C)COP(=O)(O)OC[C@H](O)COP(=O)(O)OC[C@@H](COC(=O)CCCCCCCCCCCCC(C)C)OC(=O)CCCCCCCCCCCCCC(C)C. The molecule has 0 aliphatic rings. The summed E-state index contributed by atoms with van der Waals surface area (Å²) in [5, 5.41) is 10.6. The first-order chi connectivity index (χ1) is 41.1. The van der Waals surface area contributed by atoms with Crippen molar-refractivity contribution in [1.82, 2.24) is 0 Å². The quantitative estimate of drug-likeness (QED) is 0.0222. The molecule has 86 heavy (non-hydrogen) atoms. The van der Waals surface area contributed by atoms with E-state index in [0.717, 1.165) is 114 Å². The summed E-state index contributed by atoms with van der Waals surface area (Å²) in [5.41, 5.74) is 0. The van der Waals surface area contributed by atoms with Gasteiger partial charge in [-0.15, -0.1) is 0 Å². The average Bonchev–Trinajstić information content (AvgIpc) is 3.62. The van der Waals surface area contributed by atoms with Gasteiger partial charge in [0.1, 0.15) is 19.3 Å². The number of phosphoric acid groups is 2. The number of unbranched alkanes of at least 4 members (excludes halogenated alkanes) is 29. The van der Waals surface area contributed by atoms with Crippen molar-refractivity contribution in [2.45, 2.75) is 343 Å². The van der Waals surface area contributed by atoms with E-state index in [1.807, 2.05) is 0 Å². The third kappa shape index (κ3) is 59.7.